The lowest BCUT2D eigenvalue weighted by molar-refractivity contribution is 0.584. The van der Waals surface area contributed by atoms with Crippen molar-refractivity contribution in [1.82, 2.24) is 0 Å². The molecule has 1 unspecified atom stereocenters. The molecular formula is C80H58F2N2O2Si2. The van der Waals surface area contributed by atoms with Crippen LogP contribution in [0.4, 0.5) is 42.9 Å². The highest BCUT2D eigenvalue weighted by Gasteiger charge is 2.53. The van der Waals surface area contributed by atoms with Gasteiger partial charge in [-0.25, -0.2) is 8.78 Å². The van der Waals surface area contributed by atoms with Gasteiger partial charge >= 0.3 is 0 Å². The fourth-order valence-electron chi connectivity index (χ4n) is 15.6. The van der Waals surface area contributed by atoms with E-state index in [1.165, 1.54) is 99.3 Å². The van der Waals surface area contributed by atoms with Gasteiger partial charge in [-0.05, 0) is 167 Å². The summed E-state index contributed by atoms with van der Waals surface area (Å²) in [6.07, 6.45) is 0.636. The van der Waals surface area contributed by atoms with Crippen molar-refractivity contribution in [2.24, 2.45) is 0 Å². The lowest BCUT2D eigenvalue weighted by Crippen LogP contribution is -2.37. The average molecular weight is 1170 g/mol. The van der Waals surface area contributed by atoms with Crippen LogP contribution in [0.3, 0.4) is 0 Å². The third-order valence-corrected chi connectivity index (χ3v) is 23.8. The van der Waals surface area contributed by atoms with Gasteiger partial charge in [0.1, 0.15) is 0 Å². The van der Waals surface area contributed by atoms with Gasteiger partial charge < -0.3 is 18.6 Å². The van der Waals surface area contributed by atoms with Crippen molar-refractivity contribution in [3.63, 3.8) is 0 Å². The van der Waals surface area contributed by atoms with E-state index in [1.54, 1.807) is 12.1 Å². The molecule has 1 atom stereocenters. The van der Waals surface area contributed by atoms with Crippen molar-refractivity contribution in [3.05, 3.63) is 276 Å². The van der Waals surface area contributed by atoms with Crippen LogP contribution in [0.15, 0.2) is 239 Å². The molecule has 8 heteroatoms. The Kier molecular flexibility index (Phi) is 10.6. The number of nitrogens with zero attached hydrogens (tertiary/aromatic N) is 2. The molecule has 18 rings (SSSR count). The van der Waals surface area contributed by atoms with E-state index < -0.39 is 27.4 Å². The van der Waals surface area contributed by atoms with Gasteiger partial charge in [0.25, 0.3) is 0 Å². The molecule has 0 fully saturated rings. The first-order valence-corrected chi connectivity index (χ1v) is 37.6. The Morgan fingerprint density at radius 2 is 0.875 bits per heavy atom. The molecule has 0 radical (unpaired) electrons. The van der Waals surface area contributed by atoms with Crippen molar-refractivity contribution < 1.29 is 17.6 Å². The molecule has 0 bridgehead atoms. The fourth-order valence-corrected chi connectivity index (χ4v) is 17.9. The highest BCUT2D eigenvalue weighted by molar-refractivity contribution is 6.89. The SMILES string of the molecule is C[Si](C)(C)c1ccc(N(c2ccc3c(c2)C2(c4ccccc4-c4cc5c6ccccc6c6ccccc6c5cc42)c2cc4c(cc2-3)Cc2ccc3c(oc5c(F)cccc53)c2N4c2ccc([Si](C)(C)C)cc2)c2cccc3c2oc2c(F)cccc23)cc1. The number of anilines is 6. The van der Waals surface area contributed by atoms with E-state index in [0.29, 0.717) is 17.6 Å². The van der Waals surface area contributed by atoms with Crippen molar-refractivity contribution in [3.8, 4) is 22.3 Å². The van der Waals surface area contributed by atoms with Crippen LogP contribution in [-0.4, -0.2) is 16.1 Å². The second-order valence-corrected chi connectivity index (χ2v) is 36.7. The molecule has 0 saturated heterocycles. The van der Waals surface area contributed by atoms with Crippen LogP contribution in [0.25, 0.3) is 98.4 Å². The van der Waals surface area contributed by atoms with Gasteiger partial charge in [0.15, 0.2) is 34.0 Å². The quantitative estimate of drug-likeness (QED) is 0.123. The molecule has 1 aliphatic heterocycles. The summed E-state index contributed by atoms with van der Waals surface area (Å²) in [5.74, 6) is -0.766. The van der Waals surface area contributed by atoms with Crippen LogP contribution in [0.1, 0.15) is 33.4 Å². The number of halogens is 2. The topological polar surface area (TPSA) is 32.8 Å². The highest BCUT2D eigenvalue weighted by Crippen LogP contribution is 2.66. The van der Waals surface area contributed by atoms with Crippen LogP contribution in [0.5, 0.6) is 0 Å². The summed E-state index contributed by atoms with van der Waals surface area (Å²) in [6.45, 7) is 14.3. The van der Waals surface area contributed by atoms with Gasteiger partial charge in [-0.1, -0.05) is 201 Å². The Hall–Kier alpha value is -9.87. The number of rotatable bonds is 6. The zero-order valence-electron chi connectivity index (χ0n) is 49.6. The molecule has 88 heavy (non-hydrogen) atoms. The second kappa shape index (κ2) is 18.1. The molecule has 0 saturated carbocycles. The summed E-state index contributed by atoms with van der Waals surface area (Å²) in [4.78, 5) is 4.74. The fraction of sp³-hybridized carbons (Fsp3) is 0.100. The van der Waals surface area contributed by atoms with E-state index in [1.807, 2.05) is 18.2 Å². The summed E-state index contributed by atoms with van der Waals surface area (Å²) >= 11 is 0. The van der Waals surface area contributed by atoms with E-state index in [0.717, 1.165) is 66.8 Å². The monoisotopic (exact) mass is 1170 g/mol. The smallest absolute Gasteiger partial charge is 0.171 e. The Morgan fingerprint density at radius 1 is 0.375 bits per heavy atom. The lowest BCUT2D eigenvalue weighted by atomic mass is 9.69. The third kappa shape index (κ3) is 7.04. The minimum absolute atomic E-state index is 0.245. The first kappa shape index (κ1) is 51.4. The normalized spacial score (nSPS) is 15.0. The largest absolute Gasteiger partial charge is 0.451 e. The second-order valence-electron chi connectivity index (χ2n) is 26.6. The van der Waals surface area contributed by atoms with Crippen molar-refractivity contribution in [2.45, 2.75) is 51.1 Å². The van der Waals surface area contributed by atoms with Gasteiger partial charge in [-0.3, -0.25) is 0 Å². The molecule has 2 aromatic heterocycles. The minimum atomic E-state index is -1.71. The van der Waals surface area contributed by atoms with Gasteiger partial charge in [0.05, 0.1) is 38.6 Å². The molecule has 2 aliphatic carbocycles. The van der Waals surface area contributed by atoms with Crippen LogP contribution < -0.4 is 20.2 Å². The number of benzene rings is 13. The number of fused-ring (bicyclic) bond motifs is 25. The molecule has 1 spiro atoms. The van der Waals surface area contributed by atoms with Gasteiger partial charge in [-0.2, -0.15) is 0 Å². The highest BCUT2D eigenvalue weighted by atomic mass is 28.3. The number of hydrogen-bond donors (Lipinski definition) is 0. The zero-order valence-corrected chi connectivity index (χ0v) is 51.6. The van der Waals surface area contributed by atoms with E-state index in [-0.39, 0.29) is 17.0 Å². The van der Waals surface area contributed by atoms with E-state index >= 15 is 8.78 Å². The van der Waals surface area contributed by atoms with E-state index in [4.69, 9.17) is 8.83 Å². The standard InChI is InChI=1S/C80H58F2N2O2Si2/c1-87(2,3)51-34-29-48(30-35-51)83(73-27-15-23-61-59-21-13-25-71(81)76(59)85-78(61)73)50-33-39-58-65-41-47-40-46-28-38-62-60-22-14-26-72(82)77(60)86-79(62)75(46)84(49-31-36-52(37-32-49)88(4,5)6)74(47)45-70(65)80(68(58)42-50)67-24-12-11-20-57(67)66-43-63-55-18-9-7-16-53(55)54-17-8-10-19-56(54)64(63)44-69(66)80/h7-39,41-45H,40H2,1-6H3. The van der Waals surface area contributed by atoms with Crippen molar-refractivity contribution >= 4 is 137 Å². The Labute approximate surface area is 510 Å². The summed E-state index contributed by atoms with van der Waals surface area (Å²) in [6, 6.07) is 83.2. The maximum atomic E-state index is 16.0. The van der Waals surface area contributed by atoms with Crippen LogP contribution in [-0.2, 0) is 11.8 Å². The maximum absolute atomic E-state index is 16.0. The molecule has 13 aromatic carbocycles. The van der Waals surface area contributed by atoms with Crippen LogP contribution in [0, 0.1) is 11.6 Å². The molecular weight excluding hydrogens is 1120 g/mol. The molecule has 0 N–H and O–H groups in total. The predicted molar refractivity (Wildman–Crippen MR) is 368 cm³/mol. The molecule has 3 aliphatic rings. The molecule has 422 valence electrons. The summed E-state index contributed by atoms with van der Waals surface area (Å²) < 4.78 is 45.4. The molecule has 0 amide bonds. The number of para-hydroxylation sites is 3. The number of hydrogen-bond acceptors (Lipinski definition) is 4. The van der Waals surface area contributed by atoms with Crippen LogP contribution >= 0.6 is 0 Å². The number of furan rings is 2. The minimum Gasteiger partial charge on any atom is -0.451 e. The molecule has 15 aromatic rings. The summed E-state index contributed by atoms with van der Waals surface area (Å²) in [7, 11) is -3.41. The van der Waals surface area contributed by atoms with Crippen molar-refractivity contribution in [1.29, 1.82) is 0 Å². The van der Waals surface area contributed by atoms with Gasteiger partial charge in [0, 0.05) is 45.0 Å². The third-order valence-electron chi connectivity index (χ3n) is 19.7. The first-order valence-electron chi connectivity index (χ1n) is 30.6. The summed E-state index contributed by atoms with van der Waals surface area (Å²) in [5.41, 5.74) is 18.5. The average Bonchev–Trinajstić information content (AvgIpc) is 1.49. The Balaban J connectivity index is 0.958. The van der Waals surface area contributed by atoms with Crippen LogP contribution in [0.2, 0.25) is 39.3 Å². The molecule has 3 heterocycles. The predicted octanol–water partition coefficient (Wildman–Crippen LogP) is 21.5. The van der Waals surface area contributed by atoms with Gasteiger partial charge in [0.2, 0.25) is 0 Å². The van der Waals surface area contributed by atoms with Crippen molar-refractivity contribution in [2.75, 3.05) is 9.80 Å². The Morgan fingerprint density at radius 3 is 1.53 bits per heavy atom. The maximum Gasteiger partial charge on any atom is 0.171 e. The molecule has 4 nitrogen and oxygen atoms in total. The van der Waals surface area contributed by atoms with E-state index in [9.17, 15) is 0 Å². The zero-order chi connectivity index (χ0) is 59.3. The Bertz CT molecular complexity index is 5560. The first-order chi connectivity index (χ1) is 42.7. The van der Waals surface area contributed by atoms with Gasteiger partial charge in [-0.15, -0.1) is 0 Å². The lowest BCUT2D eigenvalue weighted by Gasteiger charge is -2.36. The van der Waals surface area contributed by atoms with E-state index in [2.05, 4.69) is 237 Å². The summed E-state index contributed by atoms with van der Waals surface area (Å²) in [5, 5.41) is 13.3.